The van der Waals surface area contributed by atoms with Gasteiger partial charge in [0.1, 0.15) is 12.7 Å². The van der Waals surface area contributed by atoms with Crippen LogP contribution in [-0.4, -0.2) is 92.3 Å². The topological polar surface area (TPSA) is 98.8 Å². The lowest BCUT2D eigenvalue weighted by atomic mass is 9.86. The van der Waals surface area contributed by atoms with Crippen molar-refractivity contribution in [3.63, 3.8) is 0 Å². The van der Waals surface area contributed by atoms with Crippen LogP contribution in [0, 0.1) is 35.5 Å². The molecule has 2 heterocycles. The van der Waals surface area contributed by atoms with Crippen LogP contribution in [0.4, 0.5) is 0 Å². The van der Waals surface area contributed by atoms with Crippen molar-refractivity contribution in [2.24, 2.45) is 35.5 Å². The van der Waals surface area contributed by atoms with Gasteiger partial charge in [-0.3, -0.25) is 9.59 Å². The van der Waals surface area contributed by atoms with Gasteiger partial charge >= 0.3 is 11.9 Å². The van der Waals surface area contributed by atoms with Crippen molar-refractivity contribution in [3.8, 4) is 0 Å². The lowest BCUT2D eigenvalue weighted by Gasteiger charge is -2.50. The van der Waals surface area contributed by atoms with Crippen LogP contribution < -0.4 is 20.7 Å². The van der Waals surface area contributed by atoms with Crippen molar-refractivity contribution < 1.29 is 41.8 Å². The SMILES string of the molecule is C=CCOC(=O)C[C@@H]1O[C@H](C[C@H](OC(=O)C[C@@H]2O[C@H](C[C@H](O[Si](CC)(CC)CC)[C@@H]3C[C@H]3C)C[C@H](O[Si](c3ccccc3)(c3ccccc3)C(C)(C)C)[C@H]2C)[C@@H]2C[C@H]2C)C[C@H](O[Si](c2ccccc2)(c2ccccc2)C(C)(C)C)[C@H]1C. The van der Waals surface area contributed by atoms with Crippen LogP contribution in [0.2, 0.25) is 28.2 Å². The van der Waals surface area contributed by atoms with Crippen LogP contribution in [0.3, 0.4) is 0 Å². The molecule has 4 fully saturated rings. The first kappa shape index (κ1) is 63.0. The van der Waals surface area contributed by atoms with E-state index in [4.69, 9.17) is 32.2 Å². The van der Waals surface area contributed by atoms with E-state index >= 15 is 4.79 Å². The molecular formula is C69H100O9Si3. The zero-order valence-electron chi connectivity index (χ0n) is 51.6. The van der Waals surface area contributed by atoms with Gasteiger partial charge < -0.3 is 32.2 Å². The Morgan fingerprint density at radius 2 is 0.901 bits per heavy atom. The minimum Gasteiger partial charge on any atom is -0.462 e. The lowest BCUT2D eigenvalue weighted by Crippen LogP contribution is -2.69. The summed E-state index contributed by atoms with van der Waals surface area (Å²) in [4.78, 5) is 28.6. The van der Waals surface area contributed by atoms with Crippen molar-refractivity contribution in [3.05, 3.63) is 134 Å². The van der Waals surface area contributed by atoms with Gasteiger partial charge in [-0.2, -0.15) is 0 Å². The first-order valence-corrected chi connectivity index (χ1v) is 37.5. The Morgan fingerprint density at radius 3 is 1.23 bits per heavy atom. The molecular weight excluding hydrogens is 1060 g/mol. The van der Waals surface area contributed by atoms with E-state index < -0.39 is 43.3 Å². The van der Waals surface area contributed by atoms with Gasteiger partial charge in [0.05, 0.1) is 55.6 Å². The molecule has 442 valence electrons. The van der Waals surface area contributed by atoms with Crippen molar-refractivity contribution in [1.82, 2.24) is 0 Å². The highest BCUT2D eigenvalue weighted by atomic mass is 28.4. The number of carbonyl (C=O) groups excluding carboxylic acids is 2. The van der Waals surface area contributed by atoms with E-state index in [1.54, 1.807) is 6.08 Å². The number of hydrogen-bond acceptors (Lipinski definition) is 9. The second kappa shape index (κ2) is 26.9. The monoisotopic (exact) mass is 1160 g/mol. The quantitative estimate of drug-likeness (QED) is 0.0346. The Kier molecular flexibility index (Phi) is 21.0. The maximum Gasteiger partial charge on any atom is 0.308 e. The van der Waals surface area contributed by atoms with Crippen LogP contribution in [0.25, 0.3) is 0 Å². The van der Waals surface area contributed by atoms with Crippen LogP contribution >= 0.6 is 0 Å². The predicted molar refractivity (Wildman–Crippen MR) is 336 cm³/mol. The minimum absolute atomic E-state index is 0.0790. The summed E-state index contributed by atoms with van der Waals surface area (Å²) in [5.41, 5.74) is 0. The lowest BCUT2D eigenvalue weighted by molar-refractivity contribution is -0.174. The van der Waals surface area contributed by atoms with Crippen molar-refractivity contribution in [2.75, 3.05) is 6.61 Å². The van der Waals surface area contributed by atoms with E-state index in [-0.39, 0.29) is 89.7 Å². The zero-order chi connectivity index (χ0) is 58.3. The molecule has 8 rings (SSSR count). The number of benzene rings is 4. The Balaban J connectivity index is 1.10. The summed E-state index contributed by atoms with van der Waals surface area (Å²) < 4.78 is 50.3. The molecule has 81 heavy (non-hydrogen) atoms. The summed E-state index contributed by atoms with van der Waals surface area (Å²) in [7, 11) is -8.00. The van der Waals surface area contributed by atoms with E-state index in [9.17, 15) is 4.79 Å². The molecule has 0 spiro atoms. The summed E-state index contributed by atoms with van der Waals surface area (Å²) >= 11 is 0. The first-order chi connectivity index (χ1) is 38.6. The third-order valence-electron chi connectivity index (χ3n) is 19.6. The maximum absolute atomic E-state index is 15.1. The number of esters is 2. The molecule has 0 N–H and O–H groups in total. The summed E-state index contributed by atoms with van der Waals surface area (Å²) in [5.74, 6) is 0.841. The third kappa shape index (κ3) is 14.4. The first-order valence-electron chi connectivity index (χ1n) is 31.1. The molecule has 2 saturated heterocycles. The summed E-state index contributed by atoms with van der Waals surface area (Å²) in [6, 6.07) is 46.6. The van der Waals surface area contributed by atoms with Gasteiger partial charge in [0.2, 0.25) is 0 Å². The number of hydrogen-bond donors (Lipinski definition) is 0. The Hall–Kier alpha value is -3.99. The van der Waals surface area contributed by atoms with Gasteiger partial charge in [-0.15, -0.1) is 0 Å². The molecule has 14 atom stereocenters. The summed E-state index contributed by atoms with van der Waals surface area (Å²) in [5, 5.41) is 4.38. The fourth-order valence-electron chi connectivity index (χ4n) is 14.2. The number of ether oxygens (including phenoxy) is 4. The second-order valence-corrected chi connectivity index (χ2v) is 40.2. The summed E-state index contributed by atoms with van der Waals surface area (Å²) in [6.45, 7) is 33.8. The number of carbonyl (C=O) groups is 2. The van der Waals surface area contributed by atoms with E-state index in [0.717, 1.165) is 37.4 Å². The van der Waals surface area contributed by atoms with Crippen LogP contribution in [-0.2, 0) is 41.8 Å². The smallest absolute Gasteiger partial charge is 0.308 e. The van der Waals surface area contributed by atoms with E-state index in [2.05, 4.69) is 218 Å². The Bertz CT molecular complexity index is 2530. The maximum atomic E-state index is 15.1. The van der Waals surface area contributed by atoms with Crippen LogP contribution in [0.5, 0.6) is 0 Å². The molecule has 4 aromatic carbocycles. The van der Waals surface area contributed by atoms with Gasteiger partial charge in [0.25, 0.3) is 16.6 Å². The molecule has 0 unspecified atom stereocenters. The second-order valence-electron chi connectivity index (χ2n) is 27.0. The van der Waals surface area contributed by atoms with Gasteiger partial charge in [-0.25, -0.2) is 0 Å². The predicted octanol–water partition coefficient (Wildman–Crippen LogP) is 13.4. The normalized spacial score (nSPS) is 27.9. The molecule has 9 nitrogen and oxygen atoms in total. The van der Waals surface area contributed by atoms with E-state index in [1.165, 1.54) is 27.2 Å². The highest BCUT2D eigenvalue weighted by molar-refractivity contribution is 7.00. The molecule has 4 aromatic rings. The molecule has 2 saturated carbocycles. The average molecular weight is 1160 g/mol. The Labute approximate surface area is 491 Å². The zero-order valence-corrected chi connectivity index (χ0v) is 54.6. The summed E-state index contributed by atoms with van der Waals surface area (Å²) in [6.07, 6.45) is 4.29. The van der Waals surface area contributed by atoms with Crippen molar-refractivity contribution in [1.29, 1.82) is 0 Å². The molecule has 0 aromatic heterocycles. The highest BCUT2D eigenvalue weighted by Gasteiger charge is 2.57. The van der Waals surface area contributed by atoms with Crippen LogP contribution in [0.15, 0.2) is 134 Å². The molecule has 2 aliphatic carbocycles. The fourth-order valence-corrected chi connectivity index (χ4v) is 26.6. The van der Waals surface area contributed by atoms with Gasteiger partial charge in [0, 0.05) is 18.3 Å². The minimum atomic E-state index is -3.03. The van der Waals surface area contributed by atoms with Crippen molar-refractivity contribution >= 4 is 57.6 Å². The van der Waals surface area contributed by atoms with Crippen molar-refractivity contribution in [2.45, 2.75) is 218 Å². The standard InChI is InChI=1S/C69H100O9Si3/c1-15-39-72-66(70)46-60-50(7)62(77-80(68(9,10)11,54-31-23-19-24-32-54)55-33-25-20-26-34-55)42-52(73-60)44-64(58-40-48(58)5)75-67(71)47-61-51(8)63(43-53(74-61)45-65(59-41-49(59)6)76-79(16-2,17-3)18-4)78-81(69(12,13)14,56-35-27-21-28-36-56)57-37-29-22-30-38-57/h15,19-38,48-53,58-65H,1,16-18,39-47H2,2-14H3/t48-,49-,50+,51+,52+,53+,58-,59-,60+,61+,62+,63+,64+,65+/m1/s1. The third-order valence-corrected chi connectivity index (χ3v) is 34.4. The molecule has 4 aliphatic rings. The van der Waals surface area contributed by atoms with Gasteiger partial charge in [-0.05, 0) is 105 Å². The molecule has 0 bridgehead atoms. The van der Waals surface area contributed by atoms with Crippen LogP contribution in [0.1, 0.15) is 141 Å². The fraction of sp³-hybridized carbons (Fsp3) is 0.594. The Morgan fingerprint density at radius 1 is 0.556 bits per heavy atom. The van der Waals surface area contributed by atoms with Gasteiger partial charge in [-0.1, -0.05) is 224 Å². The highest BCUT2D eigenvalue weighted by Crippen LogP contribution is 2.49. The van der Waals surface area contributed by atoms with E-state index in [0.29, 0.717) is 30.6 Å². The molecule has 2 aliphatic heterocycles. The van der Waals surface area contributed by atoms with Gasteiger partial charge in [0.15, 0.2) is 8.32 Å². The largest absolute Gasteiger partial charge is 0.462 e. The van der Waals surface area contributed by atoms with E-state index in [1.807, 2.05) is 0 Å². The number of rotatable bonds is 26. The average Bonchev–Trinajstić information content (AvgIpc) is 4.45. The molecule has 0 amide bonds. The molecule has 12 heteroatoms. The molecule has 0 radical (unpaired) electrons.